The SMILES string of the molecule is Cn1c(O)c(C=N[C@@H]2[C@@H](O)[C@H](O)[C@@H](CO)O[C@H]2O)c(=O)n(C)c1=O. The Kier molecular flexibility index (Phi) is 5.20. The van der Waals surface area contributed by atoms with E-state index in [0.717, 1.165) is 15.3 Å². The minimum absolute atomic E-state index is 0.335. The van der Waals surface area contributed by atoms with E-state index in [-0.39, 0.29) is 5.56 Å². The van der Waals surface area contributed by atoms with Crippen LogP contribution >= 0.6 is 0 Å². The number of nitrogens with zero attached hydrogens (tertiary/aromatic N) is 3. The van der Waals surface area contributed by atoms with Gasteiger partial charge in [0.2, 0.25) is 5.88 Å². The second-order valence-corrected chi connectivity index (χ2v) is 5.44. The number of rotatable bonds is 3. The fraction of sp³-hybridized carbons (Fsp3) is 0.615. The Balaban J connectivity index is 2.38. The normalized spacial score (nSPS) is 30.8. The monoisotopic (exact) mass is 345 g/mol. The quantitative estimate of drug-likeness (QED) is 0.346. The van der Waals surface area contributed by atoms with Gasteiger partial charge in [-0.15, -0.1) is 0 Å². The molecule has 0 amide bonds. The molecule has 11 nitrogen and oxygen atoms in total. The zero-order valence-corrected chi connectivity index (χ0v) is 13.0. The maximum atomic E-state index is 12.0. The van der Waals surface area contributed by atoms with Gasteiger partial charge in [-0.2, -0.15) is 0 Å². The molecule has 0 aromatic carbocycles. The van der Waals surface area contributed by atoms with E-state index < -0.39 is 54.4 Å². The lowest BCUT2D eigenvalue weighted by Crippen LogP contribution is -2.57. The summed E-state index contributed by atoms with van der Waals surface area (Å²) in [5, 5.41) is 48.4. The molecular formula is C13H19N3O8. The van der Waals surface area contributed by atoms with Crippen LogP contribution in [-0.4, -0.2) is 78.1 Å². The maximum Gasteiger partial charge on any atom is 0.333 e. The molecule has 0 aliphatic carbocycles. The molecule has 1 aliphatic heterocycles. The average molecular weight is 345 g/mol. The van der Waals surface area contributed by atoms with Crippen LogP contribution in [0, 0.1) is 0 Å². The molecule has 1 fully saturated rings. The smallest absolute Gasteiger partial charge is 0.333 e. The summed E-state index contributed by atoms with van der Waals surface area (Å²) in [7, 11) is 2.46. The van der Waals surface area contributed by atoms with Crippen LogP contribution in [0.2, 0.25) is 0 Å². The van der Waals surface area contributed by atoms with Gasteiger partial charge in [-0.3, -0.25) is 18.9 Å². The highest BCUT2D eigenvalue weighted by Gasteiger charge is 2.43. The van der Waals surface area contributed by atoms with E-state index in [4.69, 9.17) is 9.84 Å². The molecule has 0 bridgehead atoms. The van der Waals surface area contributed by atoms with Crippen LogP contribution in [0.5, 0.6) is 5.88 Å². The molecule has 2 rings (SSSR count). The fourth-order valence-corrected chi connectivity index (χ4v) is 2.38. The summed E-state index contributed by atoms with van der Waals surface area (Å²) in [5.41, 5.74) is -1.90. The molecular weight excluding hydrogens is 326 g/mol. The molecule has 2 heterocycles. The molecule has 11 heteroatoms. The molecule has 0 radical (unpaired) electrons. The minimum atomic E-state index is -1.64. The first-order valence-corrected chi connectivity index (χ1v) is 7.03. The summed E-state index contributed by atoms with van der Waals surface area (Å²) >= 11 is 0. The Morgan fingerprint density at radius 3 is 2.38 bits per heavy atom. The molecule has 134 valence electrons. The largest absolute Gasteiger partial charge is 0.494 e. The molecule has 24 heavy (non-hydrogen) atoms. The van der Waals surface area contributed by atoms with Gasteiger partial charge in [0.1, 0.15) is 29.9 Å². The molecule has 0 unspecified atom stereocenters. The Morgan fingerprint density at radius 1 is 1.17 bits per heavy atom. The van der Waals surface area contributed by atoms with Gasteiger partial charge < -0.3 is 30.3 Å². The Bertz CT molecular complexity index is 755. The lowest BCUT2D eigenvalue weighted by Gasteiger charge is -2.38. The van der Waals surface area contributed by atoms with Gasteiger partial charge >= 0.3 is 5.69 Å². The summed E-state index contributed by atoms with van der Waals surface area (Å²) in [4.78, 5) is 27.5. The highest BCUT2D eigenvalue weighted by Crippen LogP contribution is 2.22. The number of aromatic hydroxyl groups is 1. The second-order valence-electron chi connectivity index (χ2n) is 5.44. The Hall–Kier alpha value is -2.05. The van der Waals surface area contributed by atoms with Crippen molar-refractivity contribution in [3.8, 4) is 5.88 Å². The summed E-state index contributed by atoms with van der Waals surface area (Å²) in [6.45, 7) is -0.617. The fourth-order valence-electron chi connectivity index (χ4n) is 2.38. The van der Waals surface area contributed by atoms with Crippen LogP contribution in [0.15, 0.2) is 14.6 Å². The van der Waals surface area contributed by atoms with E-state index in [9.17, 15) is 30.0 Å². The van der Waals surface area contributed by atoms with Crippen molar-refractivity contribution in [2.75, 3.05) is 6.61 Å². The number of aliphatic imine (C=N–C) groups is 1. The number of ether oxygens (including phenoxy) is 1. The van der Waals surface area contributed by atoms with Crippen molar-refractivity contribution in [3.05, 3.63) is 26.4 Å². The van der Waals surface area contributed by atoms with Crippen LogP contribution < -0.4 is 11.2 Å². The zero-order chi connectivity index (χ0) is 18.2. The Morgan fingerprint density at radius 2 is 1.79 bits per heavy atom. The van der Waals surface area contributed by atoms with Crippen molar-refractivity contribution in [1.29, 1.82) is 0 Å². The molecule has 5 atom stereocenters. The van der Waals surface area contributed by atoms with Crippen molar-refractivity contribution in [3.63, 3.8) is 0 Å². The van der Waals surface area contributed by atoms with Gasteiger partial charge in [-0.1, -0.05) is 0 Å². The second kappa shape index (κ2) is 6.83. The van der Waals surface area contributed by atoms with E-state index in [1.54, 1.807) is 0 Å². The minimum Gasteiger partial charge on any atom is -0.494 e. The highest BCUT2D eigenvalue weighted by atomic mass is 16.6. The van der Waals surface area contributed by atoms with Crippen molar-refractivity contribution in [1.82, 2.24) is 9.13 Å². The summed E-state index contributed by atoms with van der Waals surface area (Å²) in [5.74, 6) is -0.638. The van der Waals surface area contributed by atoms with E-state index >= 15 is 0 Å². The molecule has 5 N–H and O–H groups in total. The van der Waals surface area contributed by atoms with Crippen molar-refractivity contribution in [2.24, 2.45) is 19.1 Å². The van der Waals surface area contributed by atoms with Gasteiger partial charge in [-0.05, 0) is 0 Å². The average Bonchev–Trinajstić information content (AvgIpc) is 2.56. The lowest BCUT2D eigenvalue weighted by molar-refractivity contribution is -0.248. The summed E-state index contributed by atoms with van der Waals surface area (Å²) in [6.07, 6.45) is -5.02. The van der Waals surface area contributed by atoms with E-state index in [1.165, 1.54) is 14.1 Å². The number of aliphatic hydroxyl groups is 4. The Labute approximate surface area is 135 Å². The number of aromatic nitrogens is 2. The van der Waals surface area contributed by atoms with Crippen LogP contribution in [0.25, 0.3) is 0 Å². The third-order valence-electron chi connectivity index (χ3n) is 3.91. The van der Waals surface area contributed by atoms with Crippen molar-refractivity contribution < 1.29 is 30.3 Å². The molecule has 1 aliphatic rings. The van der Waals surface area contributed by atoms with Crippen molar-refractivity contribution >= 4 is 6.21 Å². The van der Waals surface area contributed by atoms with Gasteiger partial charge in [0.05, 0.1) is 6.61 Å². The first-order chi connectivity index (χ1) is 11.2. The zero-order valence-electron chi connectivity index (χ0n) is 13.0. The first-order valence-electron chi connectivity index (χ1n) is 7.03. The topological polar surface area (TPSA) is 167 Å². The van der Waals surface area contributed by atoms with Gasteiger partial charge in [0.15, 0.2) is 6.29 Å². The molecule has 1 aromatic heterocycles. The molecule has 1 aromatic rings. The van der Waals surface area contributed by atoms with Gasteiger partial charge in [0.25, 0.3) is 5.56 Å². The summed E-state index contributed by atoms with van der Waals surface area (Å²) in [6, 6.07) is -1.36. The van der Waals surface area contributed by atoms with E-state index in [1.807, 2.05) is 0 Å². The van der Waals surface area contributed by atoms with Crippen LogP contribution in [0.1, 0.15) is 5.56 Å². The number of hydrogen-bond donors (Lipinski definition) is 5. The third-order valence-corrected chi connectivity index (χ3v) is 3.91. The van der Waals surface area contributed by atoms with E-state index in [0.29, 0.717) is 0 Å². The van der Waals surface area contributed by atoms with Crippen LogP contribution in [-0.2, 0) is 18.8 Å². The van der Waals surface area contributed by atoms with Crippen LogP contribution in [0.4, 0.5) is 0 Å². The highest BCUT2D eigenvalue weighted by molar-refractivity contribution is 5.82. The maximum absolute atomic E-state index is 12.0. The number of aliphatic hydroxyl groups excluding tert-OH is 4. The predicted octanol–water partition coefficient (Wildman–Crippen LogP) is -3.99. The molecule has 0 saturated carbocycles. The third kappa shape index (κ3) is 2.99. The summed E-state index contributed by atoms with van der Waals surface area (Å²) < 4.78 is 6.50. The lowest BCUT2D eigenvalue weighted by atomic mass is 9.97. The first kappa shape index (κ1) is 18.3. The molecule has 0 spiro atoms. The van der Waals surface area contributed by atoms with E-state index in [2.05, 4.69) is 4.99 Å². The van der Waals surface area contributed by atoms with Crippen molar-refractivity contribution in [2.45, 2.75) is 30.6 Å². The van der Waals surface area contributed by atoms with Crippen LogP contribution in [0.3, 0.4) is 0 Å². The number of hydrogen-bond acceptors (Lipinski definition) is 9. The van der Waals surface area contributed by atoms with Gasteiger partial charge in [-0.25, -0.2) is 4.79 Å². The van der Waals surface area contributed by atoms with Gasteiger partial charge in [0, 0.05) is 20.3 Å². The predicted molar refractivity (Wildman–Crippen MR) is 80.0 cm³/mol. The standard InChI is InChI=1S/C13H19N3O8/c1-15-10(20)5(11(21)16(2)13(15)23)3-14-7-9(19)8(18)6(4-17)24-12(7)22/h3,6-9,12,17-20,22H,4H2,1-2H3/t6-,7-,8-,9-,12-/m1/s1. The molecule has 1 saturated heterocycles.